The minimum atomic E-state index is 0.627. The lowest BCUT2D eigenvalue weighted by Gasteiger charge is -2.22. The van der Waals surface area contributed by atoms with Gasteiger partial charge in [0.2, 0.25) is 0 Å². The molecule has 2 aromatic carbocycles. The maximum atomic E-state index is 6.12. The van der Waals surface area contributed by atoms with Crippen LogP contribution in [0.25, 0.3) is 0 Å². The summed E-state index contributed by atoms with van der Waals surface area (Å²) in [5, 5.41) is 3.77. The predicted molar refractivity (Wildman–Crippen MR) is 105 cm³/mol. The van der Waals surface area contributed by atoms with Gasteiger partial charge in [0.15, 0.2) is 0 Å². The van der Waals surface area contributed by atoms with Crippen LogP contribution in [0.4, 0.5) is 0 Å². The van der Waals surface area contributed by atoms with Crippen LogP contribution >= 0.6 is 0 Å². The standard InChI is InChI=1S/C23H31NO/c1-19-10-9-11-20(16-19)18-25-23-15-8-7-12-21(23)17-24-22-13-5-3-2-4-6-14-22/h7-12,15-16,22,24H,2-6,13-14,17-18H2,1H3. The smallest absolute Gasteiger partial charge is 0.124 e. The zero-order valence-electron chi connectivity index (χ0n) is 15.5. The van der Waals surface area contributed by atoms with Crippen molar-refractivity contribution in [2.24, 2.45) is 0 Å². The lowest BCUT2D eigenvalue weighted by atomic mass is 9.96. The molecule has 0 aromatic heterocycles. The van der Waals surface area contributed by atoms with Gasteiger partial charge in [0.1, 0.15) is 12.4 Å². The molecule has 2 heteroatoms. The molecule has 0 heterocycles. The van der Waals surface area contributed by atoms with E-state index >= 15 is 0 Å². The average molecular weight is 338 g/mol. The maximum Gasteiger partial charge on any atom is 0.124 e. The molecule has 0 aliphatic heterocycles. The zero-order valence-corrected chi connectivity index (χ0v) is 15.5. The molecule has 0 spiro atoms. The second-order valence-corrected chi connectivity index (χ2v) is 7.31. The van der Waals surface area contributed by atoms with Gasteiger partial charge in [-0.05, 0) is 31.4 Å². The highest BCUT2D eigenvalue weighted by molar-refractivity contribution is 5.33. The molecule has 0 atom stereocenters. The van der Waals surface area contributed by atoms with E-state index in [9.17, 15) is 0 Å². The molecule has 25 heavy (non-hydrogen) atoms. The van der Waals surface area contributed by atoms with Crippen LogP contribution in [0, 0.1) is 6.92 Å². The Balaban J connectivity index is 1.56. The van der Waals surface area contributed by atoms with Gasteiger partial charge in [-0.3, -0.25) is 0 Å². The largest absolute Gasteiger partial charge is 0.489 e. The fourth-order valence-corrected chi connectivity index (χ4v) is 3.67. The average Bonchev–Trinajstić information content (AvgIpc) is 2.60. The Morgan fingerprint density at radius 2 is 1.68 bits per heavy atom. The monoisotopic (exact) mass is 337 g/mol. The third-order valence-corrected chi connectivity index (χ3v) is 5.14. The van der Waals surface area contributed by atoms with Crippen molar-refractivity contribution in [3.05, 3.63) is 65.2 Å². The molecular weight excluding hydrogens is 306 g/mol. The van der Waals surface area contributed by atoms with Crippen LogP contribution in [0.3, 0.4) is 0 Å². The SMILES string of the molecule is Cc1cccc(COc2ccccc2CNC2CCCCCCC2)c1. The van der Waals surface area contributed by atoms with Crippen LogP contribution in [0.15, 0.2) is 48.5 Å². The number of rotatable bonds is 6. The van der Waals surface area contributed by atoms with E-state index in [1.807, 2.05) is 0 Å². The fraction of sp³-hybridized carbons (Fsp3) is 0.478. The molecule has 1 aliphatic carbocycles. The highest BCUT2D eigenvalue weighted by atomic mass is 16.5. The van der Waals surface area contributed by atoms with Gasteiger partial charge in [-0.2, -0.15) is 0 Å². The van der Waals surface area contributed by atoms with Crippen molar-refractivity contribution < 1.29 is 4.74 Å². The molecule has 1 aliphatic rings. The minimum absolute atomic E-state index is 0.627. The van der Waals surface area contributed by atoms with Crippen LogP contribution in [-0.4, -0.2) is 6.04 Å². The first kappa shape index (κ1) is 18.0. The summed E-state index contributed by atoms with van der Waals surface area (Å²) < 4.78 is 6.12. The molecule has 2 nitrogen and oxygen atoms in total. The molecule has 1 N–H and O–H groups in total. The molecule has 134 valence electrons. The number of benzene rings is 2. The summed E-state index contributed by atoms with van der Waals surface area (Å²) in [6, 6.07) is 17.6. The van der Waals surface area contributed by atoms with Crippen molar-refractivity contribution in [3.63, 3.8) is 0 Å². The third-order valence-electron chi connectivity index (χ3n) is 5.14. The number of nitrogens with one attached hydrogen (secondary N) is 1. The summed E-state index contributed by atoms with van der Waals surface area (Å²) >= 11 is 0. The number of aryl methyl sites for hydroxylation is 1. The summed E-state index contributed by atoms with van der Waals surface area (Å²) in [6.07, 6.45) is 9.57. The van der Waals surface area contributed by atoms with E-state index in [4.69, 9.17) is 4.74 Å². The summed E-state index contributed by atoms with van der Waals surface area (Å²) in [4.78, 5) is 0. The Labute approximate surface area is 152 Å². The van der Waals surface area contributed by atoms with Crippen molar-refractivity contribution in [1.29, 1.82) is 0 Å². The van der Waals surface area contributed by atoms with E-state index in [1.54, 1.807) is 0 Å². The van der Waals surface area contributed by atoms with Crippen molar-refractivity contribution in [2.75, 3.05) is 0 Å². The third kappa shape index (κ3) is 5.89. The van der Waals surface area contributed by atoms with Gasteiger partial charge in [0.05, 0.1) is 0 Å². The minimum Gasteiger partial charge on any atom is -0.489 e. The number of hydrogen-bond acceptors (Lipinski definition) is 2. The van der Waals surface area contributed by atoms with E-state index in [2.05, 4.69) is 60.8 Å². The van der Waals surface area contributed by atoms with Crippen LogP contribution in [0.5, 0.6) is 5.75 Å². The Hall–Kier alpha value is -1.80. The summed E-state index contributed by atoms with van der Waals surface area (Å²) in [7, 11) is 0. The molecule has 1 fully saturated rings. The molecule has 0 bridgehead atoms. The van der Waals surface area contributed by atoms with Crippen LogP contribution in [-0.2, 0) is 13.2 Å². The number of hydrogen-bond donors (Lipinski definition) is 1. The van der Waals surface area contributed by atoms with E-state index in [1.165, 1.54) is 61.6 Å². The van der Waals surface area contributed by atoms with E-state index in [0.29, 0.717) is 12.6 Å². The van der Waals surface area contributed by atoms with Crippen molar-refractivity contribution >= 4 is 0 Å². The van der Waals surface area contributed by atoms with Gasteiger partial charge in [0, 0.05) is 18.2 Å². The molecule has 0 saturated heterocycles. The van der Waals surface area contributed by atoms with Gasteiger partial charge in [-0.25, -0.2) is 0 Å². The quantitative estimate of drug-likeness (QED) is 0.722. The first-order valence-corrected chi connectivity index (χ1v) is 9.81. The van der Waals surface area contributed by atoms with Gasteiger partial charge >= 0.3 is 0 Å². The van der Waals surface area contributed by atoms with Gasteiger partial charge in [0.25, 0.3) is 0 Å². The Kier molecular flexibility index (Phi) is 6.93. The van der Waals surface area contributed by atoms with Crippen molar-refractivity contribution in [3.8, 4) is 5.75 Å². The maximum absolute atomic E-state index is 6.12. The fourth-order valence-electron chi connectivity index (χ4n) is 3.67. The van der Waals surface area contributed by atoms with Gasteiger partial charge in [-0.15, -0.1) is 0 Å². The lowest BCUT2D eigenvalue weighted by Crippen LogP contribution is -2.29. The molecule has 2 aromatic rings. The van der Waals surface area contributed by atoms with Crippen molar-refractivity contribution in [1.82, 2.24) is 5.32 Å². The van der Waals surface area contributed by atoms with Crippen LogP contribution < -0.4 is 10.1 Å². The highest BCUT2D eigenvalue weighted by Crippen LogP contribution is 2.22. The van der Waals surface area contributed by atoms with E-state index in [-0.39, 0.29) is 0 Å². The first-order valence-electron chi connectivity index (χ1n) is 9.81. The second-order valence-electron chi connectivity index (χ2n) is 7.31. The van der Waals surface area contributed by atoms with Crippen LogP contribution in [0.2, 0.25) is 0 Å². The second kappa shape index (κ2) is 9.62. The Morgan fingerprint density at radius 3 is 2.48 bits per heavy atom. The number of ether oxygens (including phenoxy) is 1. The summed E-state index contributed by atoms with van der Waals surface area (Å²) in [5.74, 6) is 1.00. The molecule has 0 amide bonds. The first-order chi connectivity index (χ1) is 12.3. The molecular formula is C23H31NO. The summed E-state index contributed by atoms with van der Waals surface area (Å²) in [5.41, 5.74) is 3.76. The molecule has 0 unspecified atom stereocenters. The van der Waals surface area contributed by atoms with Gasteiger partial charge in [-0.1, -0.05) is 80.1 Å². The van der Waals surface area contributed by atoms with E-state index in [0.717, 1.165) is 12.3 Å². The van der Waals surface area contributed by atoms with E-state index < -0.39 is 0 Å². The topological polar surface area (TPSA) is 21.3 Å². The normalized spacial score (nSPS) is 16.2. The zero-order chi connectivity index (χ0) is 17.3. The van der Waals surface area contributed by atoms with Gasteiger partial charge < -0.3 is 10.1 Å². The summed E-state index contributed by atoms with van der Waals surface area (Å²) in [6.45, 7) is 3.65. The molecule has 1 saturated carbocycles. The molecule has 3 rings (SSSR count). The lowest BCUT2D eigenvalue weighted by molar-refractivity contribution is 0.300. The highest BCUT2D eigenvalue weighted by Gasteiger charge is 2.12. The Bertz CT molecular complexity index is 644. The number of para-hydroxylation sites is 1. The Morgan fingerprint density at radius 1 is 0.920 bits per heavy atom. The predicted octanol–water partition coefficient (Wildman–Crippen LogP) is 5.78. The van der Waals surface area contributed by atoms with Crippen LogP contribution in [0.1, 0.15) is 61.6 Å². The molecule has 0 radical (unpaired) electrons. The van der Waals surface area contributed by atoms with Crippen molar-refractivity contribution in [2.45, 2.75) is 71.1 Å².